The second-order valence-electron chi connectivity index (χ2n) is 6.00. The van der Waals surface area contributed by atoms with Gasteiger partial charge in [0.25, 0.3) is 0 Å². The molecule has 0 radical (unpaired) electrons. The number of nitrogens with zero attached hydrogens (tertiary/aromatic N) is 1. The summed E-state index contributed by atoms with van der Waals surface area (Å²) in [4.78, 5) is 2.43. The monoisotopic (exact) mass is 275 g/mol. The molecule has 1 N–H and O–H groups in total. The number of hydrogen-bond donors (Lipinski definition) is 1. The van der Waals surface area contributed by atoms with Crippen LogP contribution >= 0.6 is 0 Å². The van der Waals surface area contributed by atoms with E-state index >= 15 is 0 Å². The number of fused-ring (bicyclic) bond motifs is 1. The lowest BCUT2D eigenvalue weighted by Gasteiger charge is -2.38. The summed E-state index contributed by atoms with van der Waals surface area (Å²) >= 11 is 0. The van der Waals surface area contributed by atoms with Gasteiger partial charge in [-0.2, -0.15) is 0 Å². The van der Waals surface area contributed by atoms with Gasteiger partial charge in [-0.15, -0.1) is 0 Å². The Hall–Kier alpha value is -1.06. The van der Waals surface area contributed by atoms with E-state index in [0.29, 0.717) is 6.61 Å². The van der Waals surface area contributed by atoms with E-state index in [-0.39, 0.29) is 6.04 Å². The lowest BCUT2D eigenvalue weighted by molar-refractivity contribution is 0.00478. The molecule has 0 spiro atoms. The number of aryl methyl sites for hydroxylation is 1. The topological polar surface area (TPSA) is 32.7 Å². The van der Waals surface area contributed by atoms with Crippen LogP contribution in [0.4, 0.5) is 0 Å². The molecule has 0 saturated carbocycles. The van der Waals surface area contributed by atoms with Gasteiger partial charge in [0.1, 0.15) is 18.5 Å². The fourth-order valence-electron chi connectivity index (χ4n) is 3.39. The molecule has 20 heavy (non-hydrogen) atoms. The molecule has 2 heterocycles. The molecule has 1 aromatic rings. The molecule has 0 aliphatic carbocycles. The third kappa shape index (κ3) is 2.70. The number of aliphatic hydroxyl groups excluding tert-OH is 1. The van der Waals surface area contributed by atoms with Crippen LogP contribution in [0, 0.1) is 0 Å². The minimum atomic E-state index is -0.414. The standard InChI is InChI=1S/C17H25NO2/c1-2-13-7-8-16-14(11-13)17(19)15(12-20-16)18-9-5-3-4-6-10-18/h7-8,11,15,17,19H,2-6,9-10,12H2,1H3. The molecule has 3 nitrogen and oxygen atoms in total. The maximum atomic E-state index is 10.8. The van der Waals surface area contributed by atoms with Crippen molar-refractivity contribution >= 4 is 0 Å². The van der Waals surface area contributed by atoms with Crippen LogP contribution in [-0.2, 0) is 6.42 Å². The predicted octanol–water partition coefficient (Wildman–Crippen LogP) is 2.92. The first-order chi connectivity index (χ1) is 9.79. The average molecular weight is 275 g/mol. The zero-order chi connectivity index (χ0) is 13.9. The Balaban J connectivity index is 1.81. The van der Waals surface area contributed by atoms with Crippen LogP contribution in [-0.4, -0.2) is 35.7 Å². The number of likely N-dealkylation sites (tertiary alicyclic amines) is 1. The van der Waals surface area contributed by atoms with E-state index in [4.69, 9.17) is 4.74 Å². The molecular formula is C17H25NO2. The molecular weight excluding hydrogens is 250 g/mol. The summed E-state index contributed by atoms with van der Waals surface area (Å²) in [6.45, 7) is 4.94. The summed E-state index contributed by atoms with van der Waals surface area (Å²) in [7, 11) is 0. The first-order valence-electron chi connectivity index (χ1n) is 7.97. The molecule has 3 heteroatoms. The summed E-state index contributed by atoms with van der Waals surface area (Å²) < 4.78 is 5.90. The third-order valence-corrected chi connectivity index (χ3v) is 4.68. The van der Waals surface area contributed by atoms with Crippen molar-refractivity contribution in [1.29, 1.82) is 0 Å². The Morgan fingerprint density at radius 2 is 1.95 bits per heavy atom. The van der Waals surface area contributed by atoms with Crippen molar-refractivity contribution in [2.75, 3.05) is 19.7 Å². The van der Waals surface area contributed by atoms with Crippen LogP contribution in [0.2, 0.25) is 0 Å². The van der Waals surface area contributed by atoms with Crippen molar-refractivity contribution in [3.8, 4) is 5.75 Å². The highest BCUT2D eigenvalue weighted by Gasteiger charge is 2.33. The highest BCUT2D eigenvalue weighted by Crippen LogP contribution is 2.35. The van der Waals surface area contributed by atoms with E-state index in [0.717, 1.165) is 30.8 Å². The van der Waals surface area contributed by atoms with E-state index in [1.165, 1.54) is 31.2 Å². The molecule has 0 amide bonds. The third-order valence-electron chi connectivity index (χ3n) is 4.68. The molecule has 2 aliphatic rings. The van der Waals surface area contributed by atoms with E-state index < -0.39 is 6.10 Å². The van der Waals surface area contributed by atoms with E-state index in [1.54, 1.807) is 0 Å². The van der Waals surface area contributed by atoms with Gasteiger partial charge in [-0.05, 0) is 50.0 Å². The van der Waals surface area contributed by atoms with Gasteiger partial charge in [0.2, 0.25) is 0 Å². The Morgan fingerprint density at radius 3 is 2.65 bits per heavy atom. The van der Waals surface area contributed by atoms with Gasteiger partial charge in [0.15, 0.2) is 0 Å². The smallest absolute Gasteiger partial charge is 0.125 e. The predicted molar refractivity (Wildman–Crippen MR) is 80.1 cm³/mol. The molecule has 2 atom stereocenters. The molecule has 0 aromatic heterocycles. The molecule has 1 aromatic carbocycles. The second-order valence-corrected chi connectivity index (χ2v) is 6.00. The number of aliphatic hydroxyl groups is 1. The van der Waals surface area contributed by atoms with E-state index in [2.05, 4.69) is 24.0 Å². The van der Waals surface area contributed by atoms with Crippen LogP contribution in [0.5, 0.6) is 5.75 Å². The summed E-state index contributed by atoms with van der Waals surface area (Å²) in [5, 5.41) is 10.8. The highest BCUT2D eigenvalue weighted by molar-refractivity contribution is 5.41. The van der Waals surface area contributed by atoms with Gasteiger partial charge >= 0.3 is 0 Å². The van der Waals surface area contributed by atoms with Crippen LogP contribution in [0.25, 0.3) is 0 Å². The lowest BCUT2D eigenvalue weighted by Crippen LogP contribution is -2.46. The second kappa shape index (κ2) is 6.15. The van der Waals surface area contributed by atoms with Crippen LogP contribution in [0.1, 0.15) is 49.8 Å². The van der Waals surface area contributed by atoms with Crippen LogP contribution in [0.3, 0.4) is 0 Å². The van der Waals surface area contributed by atoms with E-state index in [9.17, 15) is 5.11 Å². The number of rotatable bonds is 2. The van der Waals surface area contributed by atoms with Crippen LogP contribution < -0.4 is 4.74 Å². The summed E-state index contributed by atoms with van der Waals surface area (Å²) in [6.07, 6.45) is 5.70. The average Bonchev–Trinajstić information content (AvgIpc) is 2.76. The summed E-state index contributed by atoms with van der Waals surface area (Å²) in [6, 6.07) is 6.34. The molecule has 110 valence electrons. The maximum Gasteiger partial charge on any atom is 0.125 e. The van der Waals surface area contributed by atoms with Crippen LogP contribution in [0.15, 0.2) is 18.2 Å². The lowest BCUT2D eigenvalue weighted by atomic mass is 9.95. The van der Waals surface area contributed by atoms with Gasteiger partial charge in [-0.1, -0.05) is 25.8 Å². The van der Waals surface area contributed by atoms with Crippen molar-refractivity contribution in [1.82, 2.24) is 4.90 Å². The summed E-state index contributed by atoms with van der Waals surface area (Å²) in [5.74, 6) is 0.862. The molecule has 1 saturated heterocycles. The van der Waals surface area contributed by atoms with Crippen molar-refractivity contribution in [3.05, 3.63) is 29.3 Å². The fourth-order valence-corrected chi connectivity index (χ4v) is 3.39. The van der Waals surface area contributed by atoms with Crippen molar-refractivity contribution in [2.45, 2.75) is 51.2 Å². The molecule has 2 unspecified atom stereocenters. The Morgan fingerprint density at radius 1 is 1.20 bits per heavy atom. The molecule has 0 bridgehead atoms. The van der Waals surface area contributed by atoms with Gasteiger partial charge < -0.3 is 9.84 Å². The first kappa shape index (κ1) is 13.9. The zero-order valence-electron chi connectivity index (χ0n) is 12.3. The van der Waals surface area contributed by atoms with Gasteiger partial charge in [-0.25, -0.2) is 0 Å². The fraction of sp³-hybridized carbons (Fsp3) is 0.647. The highest BCUT2D eigenvalue weighted by atomic mass is 16.5. The van der Waals surface area contributed by atoms with E-state index in [1.807, 2.05) is 6.07 Å². The minimum Gasteiger partial charge on any atom is -0.491 e. The molecule has 3 rings (SSSR count). The normalized spacial score (nSPS) is 27.5. The molecule has 1 fully saturated rings. The van der Waals surface area contributed by atoms with Crippen molar-refractivity contribution in [2.24, 2.45) is 0 Å². The zero-order valence-corrected chi connectivity index (χ0v) is 12.3. The largest absolute Gasteiger partial charge is 0.491 e. The number of hydrogen-bond acceptors (Lipinski definition) is 3. The minimum absolute atomic E-state index is 0.118. The Bertz CT molecular complexity index is 452. The Kier molecular flexibility index (Phi) is 4.27. The van der Waals surface area contributed by atoms with Crippen molar-refractivity contribution < 1.29 is 9.84 Å². The van der Waals surface area contributed by atoms with Gasteiger partial charge in [0, 0.05) is 5.56 Å². The van der Waals surface area contributed by atoms with Gasteiger partial charge in [0.05, 0.1) is 6.04 Å². The molecule has 2 aliphatic heterocycles. The Labute approximate surface area is 121 Å². The quantitative estimate of drug-likeness (QED) is 0.901. The van der Waals surface area contributed by atoms with Crippen molar-refractivity contribution in [3.63, 3.8) is 0 Å². The van der Waals surface area contributed by atoms with Gasteiger partial charge in [-0.3, -0.25) is 4.90 Å². The summed E-state index contributed by atoms with van der Waals surface area (Å²) in [5.41, 5.74) is 2.24. The maximum absolute atomic E-state index is 10.8. The first-order valence-corrected chi connectivity index (χ1v) is 7.97. The number of benzene rings is 1. The number of ether oxygens (including phenoxy) is 1. The SMILES string of the molecule is CCc1ccc2c(c1)C(O)C(N1CCCCCC1)CO2.